The molecule has 0 amide bonds. The van der Waals surface area contributed by atoms with Gasteiger partial charge in [0, 0.05) is 55.0 Å². The van der Waals surface area contributed by atoms with Crippen LogP contribution in [0.5, 0.6) is 0 Å². The maximum absolute atomic E-state index is 4.10. The summed E-state index contributed by atoms with van der Waals surface area (Å²) in [6, 6.07) is 6.70. The molecular formula is C16H18N4. The van der Waals surface area contributed by atoms with Gasteiger partial charge in [0.05, 0.1) is 6.33 Å². The van der Waals surface area contributed by atoms with E-state index in [0.29, 0.717) is 5.92 Å². The Morgan fingerprint density at radius 1 is 1.35 bits per heavy atom. The van der Waals surface area contributed by atoms with Crippen molar-refractivity contribution in [2.24, 2.45) is 0 Å². The zero-order valence-electron chi connectivity index (χ0n) is 11.6. The van der Waals surface area contributed by atoms with E-state index >= 15 is 0 Å². The summed E-state index contributed by atoms with van der Waals surface area (Å²) in [5, 5.41) is 1.38. The lowest BCUT2D eigenvalue weighted by Gasteiger charge is -2.36. The van der Waals surface area contributed by atoms with Crippen molar-refractivity contribution in [3.05, 3.63) is 54.2 Å². The van der Waals surface area contributed by atoms with Crippen LogP contribution in [-0.4, -0.2) is 39.6 Å². The Labute approximate surface area is 118 Å². The van der Waals surface area contributed by atoms with Gasteiger partial charge in [-0.25, -0.2) is 4.98 Å². The predicted molar refractivity (Wildman–Crippen MR) is 79.9 cm³/mol. The van der Waals surface area contributed by atoms with Crippen LogP contribution < -0.4 is 0 Å². The lowest BCUT2D eigenvalue weighted by atomic mass is 9.91. The van der Waals surface area contributed by atoms with E-state index in [-0.39, 0.29) is 0 Å². The minimum Gasteiger partial charge on any atom is -0.361 e. The summed E-state index contributed by atoms with van der Waals surface area (Å²) in [5.74, 6) is 0.678. The molecule has 1 fully saturated rings. The van der Waals surface area contributed by atoms with Crippen LogP contribution in [0.15, 0.2) is 43.1 Å². The van der Waals surface area contributed by atoms with Crippen molar-refractivity contribution in [1.29, 1.82) is 0 Å². The first-order valence-corrected chi connectivity index (χ1v) is 7.04. The van der Waals surface area contributed by atoms with E-state index < -0.39 is 0 Å². The highest BCUT2D eigenvalue weighted by Crippen LogP contribution is 2.32. The van der Waals surface area contributed by atoms with Crippen molar-refractivity contribution >= 4 is 10.9 Å². The highest BCUT2D eigenvalue weighted by Gasteiger charge is 2.26. The summed E-state index contributed by atoms with van der Waals surface area (Å²) < 4.78 is 2.10. The molecule has 4 heteroatoms. The summed E-state index contributed by atoms with van der Waals surface area (Å²) >= 11 is 0. The Bertz CT molecular complexity index is 720. The molecular weight excluding hydrogens is 248 g/mol. The Morgan fingerprint density at radius 3 is 3.00 bits per heavy atom. The second-order valence-corrected chi connectivity index (χ2v) is 5.78. The van der Waals surface area contributed by atoms with E-state index in [1.807, 2.05) is 18.7 Å². The number of likely N-dealkylation sites (N-methyl/N-ethyl adjacent to an activating group) is 1. The van der Waals surface area contributed by atoms with Crippen LogP contribution >= 0.6 is 0 Å². The monoisotopic (exact) mass is 266 g/mol. The van der Waals surface area contributed by atoms with Crippen molar-refractivity contribution in [2.75, 3.05) is 20.1 Å². The van der Waals surface area contributed by atoms with Gasteiger partial charge in [0.1, 0.15) is 0 Å². The number of aromatic amines is 1. The number of fused-ring (bicyclic) bond motifs is 1. The number of H-pyrrole nitrogens is 1. The molecule has 0 atom stereocenters. The Kier molecular flexibility index (Phi) is 2.63. The molecule has 0 radical (unpaired) electrons. The highest BCUT2D eigenvalue weighted by atomic mass is 15.2. The molecule has 1 aromatic carbocycles. The number of nitrogens with one attached hydrogen (secondary N) is 1. The van der Waals surface area contributed by atoms with E-state index in [4.69, 9.17) is 0 Å². The molecule has 1 aliphatic heterocycles. The molecule has 4 rings (SSSR count). The molecule has 1 N–H and O–H groups in total. The van der Waals surface area contributed by atoms with Crippen molar-refractivity contribution < 1.29 is 0 Å². The number of hydrogen-bond acceptors (Lipinski definition) is 2. The number of nitrogens with zero attached hydrogens (tertiary/aromatic N) is 3. The summed E-state index contributed by atoms with van der Waals surface area (Å²) in [5.41, 5.74) is 4.03. The first-order valence-electron chi connectivity index (χ1n) is 7.04. The first kappa shape index (κ1) is 11.7. The molecule has 0 bridgehead atoms. The topological polar surface area (TPSA) is 36.9 Å². The van der Waals surface area contributed by atoms with E-state index in [1.165, 1.54) is 35.1 Å². The molecule has 2 aromatic heterocycles. The van der Waals surface area contributed by atoms with Gasteiger partial charge in [0.25, 0.3) is 0 Å². The van der Waals surface area contributed by atoms with Crippen molar-refractivity contribution in [2.45, 2.75) is 12.5 Å². The van der Waals surface area contributed by atoms with Crippen LogP contribution in [-0.2, 0) is 6.54 Å². The summed E-state index contributed by atoms with van der Waals surface area (Å²) in [6.45, 7) is 3.21. The maximum Gasteiger partial charge on any atom is 0.0949 e. The van der Waals surface area contributed by atoms with Gasteiger partial charge in [0.15, 0.2) is 0 Å². The van der Waals surface area contributed by atoms with E-state index in [1.54, 1.807) is 0 Å². The SMILES string of the molecule is CN1CC(c2c[nH]c3ccc(Cn4ccnc4)cc23)C1. The average molecular weight is 266 g/mol. The van der Waals surface area contributed by atoms with Gasteiger partial charge in [-0.2, -0.15) is 0 Å². The number of hydrogen-bond donors (Lipinski definition) is 1. The molecule has 0 aliphatic carbocycles. The van der Waals surface area contributed by atoms with Gasteiger partial charge in [0.2, 0.25) is 0 Å². The minimum absolute atomic E-state index is 0.678. The molecule has 102 valence electrons. The second kappa shape index (κ2) is 4.49. The fourth-order valence-electron chi connectivity index (χ4n) is 3.11. The molecule has 0 spiro atoms. The lowest BCUT2D eigenvalue weighted by molar-refractivity contribution is 0.190. The summed E-state index contributed by atoms with van der Waals surface area (Å²) in [4.78, 5) is 9.86. The minimum atomic E-state index is 0.678. The van der Waals surface area contributed by atoms with Gasteiger partial charge >= 0.3 is 0 Å². The van der Waals surface area contributed by atoms with E-state index in [0.717, 1.165) is 6.54 Å². The summed E-state index contributed by atoms with van der Waals surface area (Å²) in [7, 11) is 2.18. The molecule has 4 nitrogen and oxygen atoms in total. The van der Waals surface area contributed by atoms with Crippen LogP contribution in [0.25, 0.3) is 10.9 Å². The van der Waals surface area contributed by atoms with Gasteiger partial charge in [-0.1, -0.05) is 6.07 Å². The zero-order chi connectivity index (χ0) is 13.5. The molecule has 3 heterocycles. The lowest BCUT2D eigenvalue weighted by Crippen LogP contribution is -2.41. The summed E-state index contributed by atoms with van der Waals surface area (Å²) in [6.07, 6.45) is 7.88. The quantitative estimate of drug-likeness (QED) is 0.790. The van der Waals surface area contributed by atoms with Gasteiger partial charge in [-0.05, 0) is 30.3 Å². The van der Waals surface area contributed by atoms with Crippen LogP contribution in [0.4, 0.5) is 0 Å². The normalized spacial score (nSPS) is 16.6. The van der Waals surface area contributed by atoms with E-state index in [2.05, 4.69) is 50.9 Å². The molecule has 1 saturated heterocycles. The molecule has 1 aliphatic rings. The predicted octanol–water partition coefficient (Wildman–Crippen LogP) is 2.44. The number of likely N-dealkylation sites (tertiary alicyclic amines) is 1. The zero-order valence-corrected chi connectivity index (χ0v) is 11.6. The van der Waals surface area contributed by atoms with Crippen molar-refractivity contribution in [3.8, 4) is 0 Å². The van der Waals surface area contributed by atoms with Crippen LogP contribution in [0.3, 0.4) is 0 Å². The van der Waals surface area contributed by atoms with Gasteiger partial charge in [-0.15, -0.1) is 0 Å². The maximum atomic E-state index is 4.10. The molecule has 20 heavy (non-hydrogen) atoms. The van der Waals surface area contributed by atoms with Crippen LogP contribution in [0, 0.1) is 0 Å². The number of imidazole rings is 1. The third-order valence-electron chi connectivity index (χ3n) is 4.21. The second-order valence-electron chi connectivity index (χ2n) is 5.78. The van der Waals surface area contributed by atoms with Gasteiger partial charge in [-0.3, -0.25) is 0 Å². The number of benzene rings is 1. The van der Waals surface area contributed by atoms with Crippen LogP contribution in [0.2, 0.25) is 0 Å². The highest BCUT2D eigenvalue weighted by molar-refractivity contribution is 5.84. The van der Waals surface area contributed by atoms with Crippen molar-refractivity contribution in [1.82, 2.24) is 19.4 Å². The Morgan fingerprint density at radius 2 is 2.25 bits per heavy atom. The third kappa shape index (κ3) is 1.93. The third-order valence-corrected chi connectivity index (χ3v) is 4.21. The Balaban J connectivity index is 1.68. The number of rotatable bonds is 3. The molecule has 3 aromatic rings. The Hall–Kier alpha value is -2.07. The van der Waals surface area contributed by atoms with Gasteiger partial charge < -0.3 is 14.5 Å². The first-order chi connectivity index (χ1) is 9.79. The van der Waals surface area contributed by atoms with Crippen LogP contribution in [0.1, 0.15) is 17.0 Å². The smallest absolute Gasteiger partial charge is 0.0949 e. The molecule has 0 unspecified atom stereocenters. The largest absolute Gasteiger partial charge is 0.361 e. The number of aromatic nitrogens is 3. The fraction of sp³-hybridized carbons (Fsp3) is 0.312. The van der Waals surface area contributed by atoms with Crippen molar-refractivity contribution in [3.63, 3.8) is 0 Å². The fourth-order valence-corrected chi connectivity index (χ4v) is 3.11. The average Bonchev–Trinajstić information content (AvgIpc) is 3.04. The van der Waals surface area contributed by atoms with E-state index in [9.17, 15) is 0 Å². The standard InChI is InChI=1S/C16H18N4/c1-19-9-13(10-19)15-7-18-16-3-2-12(6-14(15)16)8-20-5-4-17-11-20/h2-7,11,13,18H,8-10H2,1H3. The molecule has 0 saturated carbocycles.